The van der Waals surface area contributed by atoms with Crippen molar-refractivity contribution < 1.29 is 0 Å². The van der Waals surface area contributed by atoms with Gasteiger partial charge in [0, 0.05) is 13.1 Å². The van der Waals surface area contributed by atoms with Crippen LogP contribution in [0.4, 0.5) is 0 Å². The van der Waals surface area contributed by atoms with Crippen molar-refractivity contribution >= 4 is 29.9 Å². The minimum Gasteiger partial charge on any atom is -0.370 e. The summed E-state index contributed by atoms with van der Waals surface area (Å²) in [6.45, 7) is 6.85. The van der Waals surface area contributed by atoms with Crippen LogP contribution in [0.15, 0.2) is 29.3 Å². The third-order valence-electron chi connectivity index (χ3n) is 2.95. The fraction of sp³-hybridized carbons (Fsp3) is 0.562. The van der Waals surface area contributed by atoms with E-state index in [4.69, 9.17) is 5.73 Å². The molecule has 120 valence electrons. The Morgan fingerprint density at radius 1 is 1.29 bits per heavy atom. The van der Waals surface area contributed by atoms with Gasteiger partial charge in [0.25, 0.3) is 0 Å². The van der Waals surface area contributed by atoms with Crippen LogP contribution in [0, 0.1) is 5.92 Å². The zero-order chi connectivity index (χ0) is 15.0. The van der Waals surface area contributed by atoms with Gasteiger partial charge < -0.3 is 16.0 Å². The van der Waals surface area contributed by atoms with Gasteiger partial charge in [-0.2, -0.15) is 0 Å². The molecule has 0 saturated heterocycles. The van der Waals surface area contributed by atoms with E-state index < -0.39 is 0 Å². The maximum atomic E-state index is 5.86. The van der Waals surface area contributed by atoms with Gasteiger partial charge in [0.1, 0.15) is 0 Å². The second kappa shape index (κ2) is 10.8. The third kappa shape index (κ3) is 9.68. The van der Waals surface area contributed by atoms with E-state index in [0.717, 1.165) is 19.5 Å². The van der Waals surface area contributed by atoms with Crippen LogP contribution in [0.5, 0.6) is 0 Å². The first-order valence-corrected chi connectivity index (χ1v) is 7.23. The second-order valence-electron chi connectivity index (χ2n) is 5.87. The molecule has 5 heteroatoms. The van der Waals surface area contributed by atoms with Crippen molar-refractivity contribution in [2.45, 2.75) is 33.4 Å². The van der Waals surface area contributed by atoms with Crippen LogP contribution in [0.2, 0.25) is 0 Å². The van der Waals surface area contributed by atoms with Crippen molar-refractivity contribution in [2.24, 2.45) is 16.6 Å². The van der Waals surface area contributed by atoms with Crippen LogP contribution >= 0.6 is 24.0 Å². The highest BCUT2D eigenvalue weighted by molar-refractivity contribution is 14.0. The van der Waals surface area contributed by atoms with Crippen molar-refractivity contribution in [1.29, 1.82) is 0 Å². The maximum absolute atomic E-state index is 5.86. The van der Waals surface area contributed by atoms with E-state index >= 15 is 0 Å². The first-order chi connectivity index (χ1) is 9.47. The van der Waals surface area contributed by atoms with Gasteiger partial charge in [-0.15, -0.1) is 24.0 Å². The predicted octanol–water partition coefficient (Wildman–Crippen LogP) is 2.82. The van der Waals surface area contributed by atoms with E-state index in [9.17, 15) is 0 Å². The van der Waals surface area contributed by atoms with Gasteiger partial charge in [0.2, 0.25) is 0 Å². The number of benzene rings is 1. The van der Waals surface area contributed by atoms with Crippen molar-refractivity contribution in [2.75, 3.05) is 20.6 Å². The molecular weight excluding hydrogens is 375 g/mol. The Kier molecular flexibility index (Phi) is 10.4. The van der Waals surface area contributed by atoms with Crippen LogP contribution in [-0.4, -0.2) is 31.5 Å². The fourth-order valence-corrected chi connectivity index (χ4v) is 1.91. The molecule has 1 rings (SSSR count). The van der Waals surface area contributed by atoms with Gasteiger partial charge in [-0.25, -0.2) is 4.99 Å². The zero-order valence-electron chi connectivity index (χ0n) is 13.6. The largest absolute Gasteiger partial charge is 0.370 e. The van der Waals surface area contributed by atoms with Gasteiger partial charge in [0.05, 0.1) is 6.54 Å². The van der Waals surface area contributed by atoms with Crippen LogP contribution in [0.25, 0.3) is 0 Å². The average molecular weight is 404 g/mol. The van der Waals surface area contributed by atoms with E-state index in [-0.39, 0.29) is 24.0 Å². The molecule has 0 aliphatic heterocycles. The molecule has 0 unspecified atom stereocenters. The molecule has 0 amide bonds. The molecule has 1 aromatic rings. The normalized spacial score (nSPS) is 11.6. The topological polar surface area (TPSA) is 53.6 Å². The van der Waals surface area contributed by atoms with Gasteiger partial charge in [0.15, 0.2) is 5.96 Å². The number of aliphatic imine (C=N–C) groups is 1. The molecule has 0 aliphatic carbocycles. The molecule has 0 atom stereocenters. The molecule has 1 aromatic carbocycles. The summed E-state index contributed by atoms with van der Waals surface area (Å²) in [6.07, 6.45) is 1.11. The van der Waals surface area contributed by atoms with Gasteiger partial charge in [-0.05, 0) is 37.6 Å². The smallest absolute Gasteiger partial charge is 0.188 e. The molecular formula is C16H29IN4. The van der Waals surface area contributed by atoms with Crippen LogP contribution in [-0.2, 0) is 13.1 Å². The maximum Gasteiger partial charge on any atom is 0.188 e. The number of nitrogens with one attached hydrogen (secondary N) is 1. The van der Waals surface area contributed by atoms with Crippen LogP contribution in [0.3, 0.4) is 0 Å². The summed E-state index contributed by atoms with van der Waals surface area (Å²) in [6, 6.07) is 8.48. The zero-order valence-corrected chi connectivity index (χ0v) is 15.9. The fourth-order valence-electron chi connectivity index (χ4n) is 1.91. The molecule has 0 bridgehead atoms. The van der Waals surface area contributed by atoms with E-state index in [0.29, 0.717) is 18.4 Å². The lowest BCUT2D eigenvalue weighted by Crippen LogP contribution is -2.32. The summed E-state index contributed by atoms with van der Waals surface area (Å²) in [7, 11) is 4.14. The number of nitrogens with two attached hydrogens (primary N) is 1. The lowest BCUT2D eigenvalue weighted by Gasteiger charge is -2.10. The van der Waals surface area contributed by atoms with E-state index in [1.807, 2.05) is 0 Å². The Morgan fingerprint density at radius 2 is 1.95 bits per heavy atom. The molecule has 21 heavy (non-hydrogen) atoms. The first kappa shape index (κ1) is 20.2. The van der Waals surface area contributed by atoms with Gasteiger partial charge in [-0.3, -0.25) is 0 Å². The molecule has 0 aliphatic rings. The molecule has 4 nitrogen and oxygen atoms in total. The summed E-state index contributed by atoms with van der Waals surface area (Å²) in [5.41, 5.74) is 8.35. The number of hydrogen-bond acceptors (Lipinski definition) is 2. The van der Waals surface area contributed by atoms with Crippen molar-refractivity contribution in [3.63, 3.8) is 0 Å². The highest BCUT2D eigenvalue weighted by atomic mass is 127. The molecule has 0 saturated carbocycles. The summed E-state index contributed by atoms with van der Waals surface area (Å²) in [5, 5.41) is 3.15. The molecule has 0 spiro atoms. The SMILES string of the molecule is CC(C)CCNC(N)=NCc1cccc(CN(C)C)c1.I. The number of guanidine groups is 1. The number of hydrogen-bond donors (Lipinski definition) is 2. The monoisotopic (exact) mass is 404 g/mol. The third-order valence-corrected chi connectivity index (χ3v) is 2.95. The van der Waals surface area contributed by atoms with E-state index in [2.05, 4.69) is 67.4 Å². The van der Waals surface area contributed by atoms with Crippen molar-refractivity contribution in [3.05, 3.63) is 35.4 Å². The quantitative estimate of drug-likeness (QED) is 0.418. The molecule has 0 fully saturated rings. The highest BCUT2D eigenvalue weighted by Gasteiger charge is 1.99. The van der Waals surface area contributed by atoms with Gasteiger partial charge in [-0.1, -0.05) is 38.1 Å². The molecule has 3 N–H and O–H groups in total. The average Bonchev–Trinajstić information content (AvgIpc) is 2.35. The standard InChI is InChI=1S/C16H28N4.HI/c1-13(2)8-9-18-16(17)19-11-14-6-5-7-15(10-14)12-20(3)4;/h5-7,10,13H,8-9,11-12H2,1-4H3,(H3,17,18,19);1H. The first-order valence-electron chi connectivity index (χ1n) is 7.23. The van der Waals surface area contributed by atoms with Crippen molar-refractivity contribution in [1.82, 2.24) is 10.2 Å². The number of rotatable bonds is 7. The Balaban J connectivity index is 0.00000400. The second-order valence-corrected chi connectivity index (χ2v) is 5.87. The predicted molar refractivity (Wildman–Crippen MR) is 102 cm³/mol. The Hall–Kier alpha value is -0.820. The lowest BCUT2D eigenvalue weighted by molar-refractivity contribution is 0.402. The number of halogens is 1. The highest BCUT2D eigenvalue weighted by Crippen LogP contribution is 2.08. The minimum absolute atomic E-state index is 0. The van der Waals surface area contributed by atoms with Crippen molar-refractivity contribution in [3.8, 4) is 0 Å². The summed E-state index contributed by atoms with van der Waals surface area (Å²) >= 11 is 0. The molecule has 0 aromatic heterocycles. The molecule has 0 heterocycles. The summed E-state index contributed by atoms with van der Waals surface area (Å²) in [4.78, 5) is 6.54. The summed E-state index contributed by atoms with van der Waals surface area (Å²) < 4.78 is 0. The van der Waals surface area contributed by atoms with Gasteiger partial charge >= 0.3 is 0 Å². The molecule has 0 radical (unpaired) electrons. The van der Waals surface area contributed by atoms with E-state index in [1.54, 1.807) is 0 Å². The van der Waals surface area contributed by atoms with Crippen LogP contribution < -0.4 is 11.1 Å². The van der Waals surface area contributed by atoms with Crippen LogP contribution in [0.1, 0.15) is 31.4 Å². The Morgan fingerprint density at radius 3 is 2.57 bits per heavy atom. The lowest BCUT2D eigenvalue weighted by atomic mass is 10.1. The van der Waals surface area contributed by atoms with E-state index in [1.165, 1.54) is 11.1 Å². The summed E-state index contributed by atoms with van der Waals surface area (Å²) in [5.74, 6) is 1.21. The number of nitrogens with zero attached hydrogens (tertiary/aromatic N) is 2. The minimum atomic E-state index is 0. The Labute approximate surface area is 146 Å². The Bertz CT molecular complexity index is 430.